The van der Waals surface area contributed by atoms with Crippen molar-refractivity contribution in [3.05, 3.63) is 84.4 Å². The highest BCUT2D eigenvalue weighted by molar-refractivity contribution is 9.12. The van der Waals surface area contributed by atoms with E-state index in [0.29, 0.717) is 5.92 Å². The van der Waals surface area contributed by atoms with Gasteiger partial charge in [0, 0.05) is 5.56 Å². The van der Waals surface area contributed by atoms with Crippen molar-refractivity contribution >= 4 is 67.5 Å². The molecule has 32 heavy (non-hydrogen) atoms. The number of benzene rings is 2. The van der Waals surface area contributed by atoms with E-state index >= 15 is 0 Å². The van der Waals surface area contributed by atoms with Gasteiger partial charge in [0.05, 0.1) is 14.2 Å². The second-order valence-electron chi connectivity index (χ2n) is 7.91. The molecule has 0 saturated carbocycles. The summed E-state index contributed by atoms with van der Waals surface area (Å²) in [6.07, 6.45) is 13.5. The molecule has 1 unspecified atom stereocenters. The van der Waals surface area contributed by atoms with Crippen LogP contribution in [0.4, 0.5) is 0 Å². The van der Waals surface area contributed by atoms with E-state index in [4.69, 9.17) is 4.74 Å². The van der Waals surface area contributed by atoms with E-state index in [2.05, 4.69) is 125 Å². The predicted octanol–water partition coefficient (Wildman–Crippen LogP) is 10.2. The van der Waals surface area contributed by atoms with E-state index in [1.165, 1.54) is 47.9 Å². The molecule has 0 aliphatic heterocycles. The molecule has 0 saturated heterocycles. The molecule has 0 radical (unpaired) electrons. The van der Waals surface area contributed by atoms with Gasteiger partial charge >= 0.3 is 0 Å². The minimum absolute atomic E-state index is 0.654. The Bertz CT molecular complexity index is 1020. The highest BCUT2D eigenvalue weighted by Gasteiger charge is 2.06. The largest absolute Gasteiger partial charge is 0.493 e. The van der Waals surface area contributed by atoms with Crippen molar-refractivity contribution < 1.29 is 4.74 Å². The van der Waals surface area contributed by atoms with Crippen LogP contribution in [0.15, 0.2) is 62.2 Å². The third kappa shape index (κ3) is 8.06. The van der Waals surface area contributed by atoms with Gasteiger partial charge in [0.1, 0.15) is 5.75 Å². The zero-order chi connectivity index (χ0) is 22.8. The van der Waals surface area contributed by atoms with Crippen LogP contribution in [0, 0.1) is 5.92 Å². The Labute approximate surface area is 213 Å². The molecule has 168 valence electrons. The van der Waals surface area contributed by atoms with E-state index in [9.17, 15) is 0 Å². The Hall–Kier alpha value is -1.62. The second-order valence-corrected chi connectivity index (χ2v) is 11.7. The zero-order valence-electron chi connectivity index (χ0n) is 18.7. The lowest BCUT2D eigenvalue weighted by atomic mass is 10.0. The van der Waals surface area contributed by atoms with E-state index in [-0.39, 0.29) is 0 Å². The van der Waals surface area contributed by atoms with Gasteiger partial charge in [-0.3, -0.25) is 0 Å². The van der Waals surface area contributed by atoms with Crippen molar-refractivity contribution in [3.8, 4) is 5.75 Å². The third-order valence-corrected chi connectivity index (χ3v) is 7.84. The average Bonchev–Trinajstić information content (AvgIpc) is 3.14. The standard InChI is InChI=1S/C28H30Br2OS/c1-3-5-6-21(4-2)20-31-26-17-14-24(15-18-26)12-9-22-7-10-23(11-8-22)13-16-25-19-27(29)32-28(25)30/h7-19,21H,3-6,20H2,1-2H3/b12-9+,16-13+. The molecule has 0 N–H and O–H groups in total. The van der Waals surface area contributed by atoms with Crippen LogP contribution >= 0.6 is 43.2 Å². The summed E-state index contributed by atoms with van der Waals surface area (Å²) in [6.45, 7) is 5.31. The Kier molecular flexibility index (Phi) is 10.3. The molecule has 3 aromatic rings. The SMILES string of the molecule is CCCCC(CC)COc1ccc(/C=C/c2ccc(/C=C/c3cc(Br)sc3Br)cc2)cc1. The normalized spacial score (nSPS) is 12.6. The van der Waals surface area contributed by atoms with Crippen molar-refractivity contribution in [2.24, 2.45) is 5.92 Å². The van der Waals surface area contributed by atoms with Gasteiger partial charge in [0.25, 0.3) is 0 Å². The van der Waals surface area contributed by atoms with E-state index in [1.54, 1.807) is 11.3 Å². The van der Waals surface area contributed by atoms with Crippen LogP contribution in [-0.2, 0) is 0 Å². The van der Waals surface area contributed by atoms with E-state index in [0.717, 1.165) is 19.9 Å². The fraction of sp³-hybridized carbons (Fsp3) is 0.286. The molecular weight excluding hydrogens is 544 g/mol. The lowest BCUT2D eigenvalue weighted by Gasteiger charge is -2.15. The van der Waals surface area contributed by atoms with Crippen molar-refractivity contribution in [1.29, 1.82) is 0 Å². The molecule has 4 heteroatoms. The van der Waals surface area contributed by atoms with Gasteiger partial charge in [-0.05, 0) is 79.1 Å². The molecule has 3 rings (SSSR count). The molecule has 1 aromatic heterocycles. The zero-order valence-corrected chi connectivity index (χ0v) is 22.7. The topological polar surface area (TPSA) is 9.23 Å². The Balaban J connectivity index is 1.53. The molecule has 0 bridgehead atoms. The first-order valence-electron chi connectivity index (χ1n) is 11.2. The van der Waals surface area contributed by atoms with Crippen LogP contribution in [0.3, 0.4) is 0 Å². The van der Waals surface area contributed by atoms with Crippen LogP contribution in [0.1, 0.15) is 61.8 Å². The van der Waals surface area contributed by atoms with Crippen molar-refractivity contribution in [2.45, 2.75) is 39.5 Å². The summed E-state index contributed by atoms with van der Waals surface area (Å²) >= 11 is 8.80. The van der Waals surface area contributed by atoms with Crippen LogP contribution in [-0.4, -0.2) is 6.61 Å². The second kappa shape index (κ2) is 13.2. The number of hydrogen-bond acceptors (Lipinski definition) is 2. The molecular formula is C28H30Br2OS. The molecule has 0 aliphatic rings. The fourth-order valence-electron chi connectivity index (χ4n) is 3.35. The molecule has 0 amide bonds. The minimum Gasteiger partial charge on any atom is -0.493 e. The summed E-state index contributed by atoms with van der Waals surface area (Å²) in [6, 6.07) is 19.1. The van der Waals surface area contributed by atoms with Gasteiger partial charge in [-0.15, -0.1) is 11.3 Å². The van der Waals surface area contributed by atoms with Crippen molar-refractivity contribution in [3.63, 3.8) is 0 Å². The van der Waals surface area contributed by atoms with Gasteiger partial charge in [-0.2, -0.15) is 0 Å². The first kappa shape index (κ1) is 25.0. The summed E-state index contributed by atoms with van der Waals surface area (Å²) in [4.78, 5) is 0. The molecule has 0 spiro atoms. The summed E-state index contributed by atoms with van der Waals surface area (Å²) in [5.41, 5.74) is 4.72. The van der Waals surface area contributed by atoms with Gasteiger partial charge in [0.2, 0.25) is 0 Å². The van der Waals surface area contributed by atoms with Crippen LogP contribution < -0.4 is 4.74 Å². The third-order valence-electron chi connectivity index (χ3n) is 5.45. The first-order chi connectivity index (χ1) is 15.6. The van der Waals surface area contributed by atoms with Crippen LogP contribution in [0.2, 0.25) is 0 Å². The number of ether oxygens (including phenoxy) is 1. The Morgan fingerprint density at radius 2 is 1.41 bits per heavy atom. The fourth-order valence-corrected chi connectivity index (χ4v) is 6.11. The molecule has 2 aromatic carbocycles. The highest BCUT2D eigenvalue weighted by atomic mass is 79.9. The van der Waals surface area contributed by atoms with E-state index in [1.807, 2.05) is 0 Å². The van der Waals surface area contributed by atoms with Gasteiger partial charge < -0.3 is 4.74 Å². The predicted molar refractivity (Wildman–Crippen MR) is 149 cm³/mol. The first-order valence-corrected chi connectivity index (χ1v) is 13.6. The Morgan fingerprint density at radius 3 is 1.91 bits per heavy atom. The minimum atomic E-state index is 0.654. The smallest absolute Gasteiger partial charge is 0.119 e. The molecule has 1 heterocycles. The van der Waals surface area contributed by atoms with Gasteiger partial charge in [-0.25, -0.2) is 0 Å². The monoisotopic (exact) mass is 572 g/mol. The number of thiophene rings is 1. The Morgan fingerprint density at radius 1 is 0.844 bits per heavy atom. The average molecular weight is 574 g/mol. The van der Waals surface area contributed by atoms with Crippen LogP contribution in [0.5, 0.6) is 5.75 Å². The quantitative estimate of drug-likeness (QED) is 0.207. The summed E-state index contributed by atoms with van der Waals surface area (Å²) < 4.78 is 8.28. The summed E-state index contributed by atoms with van der Waals surface area (Å²) in [7, 11) is 0. The number of unbranched alkanes of at least 4 members (excludes halogenated alkanes) is 1. The molecule has 0 fully saturated rings. The summed E-state index contributed by atoms with van der Waals surface area (Å²) in [5, 5.41) is 0. The number of halogens is 2. The number of rotatable bonds is 11. The number of hydrogen-bond donors (Lipinski definition) is 0. The molecule has 1 nitrogen and oxygen atoms in total. The summed E-state index contributed by atoms with van der Waals surface area (Å²) in [5.74, 6) is 1.61. The highest BCUT2D eigenvalue weighted by Crippen LogP contribution is 2.33. The maximum absolute atomic E-state index is 6.02. The van der Waals surface area contributed by atoms with Crippen molar-refractivity contribution in [1.82, 2.24) is 0 Å². The maximum atomic E-state index is 6.02. The van der Waals surface area contributed by atoms with E-state index < -0.39 is 0 Å². The molecule has 0 aliphatic carbocycles. The lowest BCUT2D eigenvalue weighted by Crippen LogP contribution is -2.11. The lowest BCUT2D eigenvalue weighted by molar-refractivity contribution is 0.233. The van der Waals surface area contributed by atoms with Crippen molar-refractivity contribution in [2.75, 3.05) is 6.61 Å². The van der Waals surface area contributed by atoms with Crippen LogP contribution in [0.25, 0.3) is 24.3 Å². The molecule has 1 atom stereocenters. The van der Waals surface area contributed by atoms with Gasteiger partial charge in [0.15, 0.2) is 0 Å². The van der Waals surface area contributed by atoms with Gasteiger partial charge in [-0.1, -0.05) is 93.8 Å². The maximum Gasteiger partial charge on any atom is 0.119 e.